The van der Waals surface area contributed by atoms with Gasteiger partial charge in [-0.2, -0.15) is 0 Å². The Hall–Kier alpha value is -6.19. The molecular weight excluding hydrogens is 607 g/mol. The molecule has 0 saturated heterocycles. The zero-order chi connectivity index (χ0) is 33.4. The van der Waals surface area contributed by atoms with E-state index in [1.54, 1.807) is 0 Å². The molecule has 0 aromatic heterocycles. The van der Waals surface area contributed by atoms with Gasteiger partial charge in [-0.15, -0.1) is 0 Å². The lowest BCUT2D eigenvalue weighted by molar-refractivity contribution is 0.876. The van der Waals surface area contributed by atoms with E-state index < -0.39 is 0 Å². The fourth-order valence-electron chi connectivity index (χ4n) is 8.01. The molecular formula is C47H37N3. The summed E-state index contributed by atoms with van der Waals surface area (Å²) in [6, 6.07) is 57.8. The maximum atomic E-state index is 4.86. The van der Waals surface area contributed by atoms with Crippen molar-refractivity contribution in [2.45, 2.75) is 19.3 Å². The Balaban J connectivity index is 1.45. The number of benzene rings is 7. The quantitative estimate of drug-likeness (QED) is 0.183. The second-order valence-corrected chi connectivity index (χ2v) is 13.2. The molecule has 2 aliphatic rings. The number of aryl methyl sites for hydroxylation is 1. The van der Waals surface area contributed by atoms with E-state index in [1.165, 1.54) is 65.4 Å². The highest BCUT2D eigenvalue weighted by atomic mass is 15.2. The predicted octanol–water partition coefficient (Wildman–Crippen LogP) is 9.50. The minimum atomic E-state index is 0.182. The minimum absolute atomic E-state index is 0.182. The van der Waals surface area contributed by atoms with Crippen molar-refractivity contribution >= 4 is 50.3 Å². The molecule has 1 N–H and O–H groups in total. The number of aliphatic imine (C=N–C) groups is 1. The number of rotatable bonds is 6. The molecule has 1 atom stereocenters. The van der Waals surface area contributed by atoms with E-state index in [-0.39, 0.29) is 5.92 Å². The van der Waals surface area contributed by atoms with Crippen LogP contribution < -0.4 is 20.7 Å². The first kappa shape index (κ1) is 29.9. The SMILES string of the molecule is Cc1cccc(N(C2=CNCC=N2)c2ccc3c4c(c5ccccc5c3c2)=C(c2ccccc2)CC(c2ccccc2)C=4c2ccccc2)c1. The monoisotopic (exact) mass is 643 g/mol. The summed E-state index contributed by atoms with van der Waals surface area (Å²) in [4.78, 5) is 7.12. The molecule has 3 nitrogen and oxygen atoms in total. The summed E-state index contributed by atoms with van der Waals surface area (Å²) in [5, 5.41) is 11.1. The molecule has 7 aromatic carbocycles. The highest BCUT2D eigenvalue weighted by molar-refractivity contribution is 6.11. The third-order valence-corrected chi connectivity index (χ3v) is 10.2. The van der Waals surface area contributed by atoms with Gasteiger partial charge in [0.15, 0.2) is 5.82 Å². The Bertz CT molecular complexity index is 2570. The Morgan fingerprint density at radius 1 is 0.580 bits per heavy atom. The second-order valence-electron chi connectivity index (χ2n) is 13.2. The first-order valence-electron chi connectivity index (χ1n) is 17.4. The van der Waals surface area contributed by atoms with Crippen LogP contribution in [-0.4, -0.2) is 12.8 Å². The van der Waals surface area contributed by atoms with Crippen molar-refractivity contribution < 1.29 is 0 Å². The first-order valence-corrected chi connectivity index (χ1v) is 17.4. The highest BCUT2D eigenvalue weighted by Crippen LogP contribution is 2.41. The van der Waals surface area contributed by atoms with Crippen LogP contribution in [0.25, 0.3) is 32.7 Å². The van der Waals surface area contributed by atoms with Gasteiger partial charge in [-0.05, 0) is 103 Å². The van der Waals surface area contributed by atoms with Gasteiger partial charge in [-0.25, -0.2) is 4.99 Å². The van der Waals surface area contributed by atoms with Gasteiger partial charge in [0.25, 0.3) is 0 Å². The summed E-state index contributed by atoms with van der Waals surface area (Å²) >= 11 is 0. The molecule has 1 aliphatic heterocycles. The molecule has 1 aliphatic carbocycles. The number of fused-ring (bicyclic) bond motifs is 6. The van der Waals surface area contributed by atoms with Crippen LogP contribution in [0, 0.1) is 6.92 Å². The van der Waals surface area contributed by atoms with E-state index >= 15 is 0 Å². The maximum absolute atomic E-state index is 4.86. The van der Waals surface area contributed by atoms with Gasteiger partial charge in [0.05, 0.1) is 0 Å². The van der Waals surface area contributed by atoms with Gasteiger partial charge in [0.1, 0.15) is 0 Å². The molecule has 0 amide bonds. The number of hydrogen-bond donors (Lipinski definition) is 1. The molecule has 50 heavy (non-hydrogen) atoms. The van der Waals surface area contributed by atoms with Crippen LogP contribution in [0.4, 0.5) is 11.4 Å². The summed E-state index contributed by atoms with van der Waals surface area (Å²) in [5.74, 6) is 1.05. The first-order chi connectivity index (χ1) is 24.7. The number of hydrogen-bond acceptors (Lipinski definition) is 3. The van der Waals surface area contributed by atoms with E-state index in [0.29, 0.717) is 0 Å². The highest BCUT2D eigenvalue weighted by Gasteiger charge is 2.28. The van der Waals surface area contributed by atoms with E-state index in [0.717, 1.165) is 30.2 Å². The third-order valence-electron chi connectivity index (χ3n) is 10.2. The topological polar surface area (TPSA) is 27.6 Å². The Morgan fingerprint density at radius 3 is 1.96 bits per heavy atom. The summed E-state index contributed by atoms with van der Waals surface area (Å²) in [6.45, 7) is 2.87. The standard InChI is InChI=1S/C47H37N3/c1-32-14-13-21-36(28-32)50(44-31-48-26-27-49-44)37-24-25-40-43(29-37)38-22-11-12-23-39(38)46-42(34-17-7-3-8-18-34)30-41(33-15-5-2-6-16-33)45(47(40)46)35-19-9-4-10-20-35/h2-25,27-29,31,41,48H,26,30H2,1H3. The van der Waals surface area contributed by atoms with E-state index in [1.807, 2.05) is 12.4 Å². The van der Waals surface area contributed by atoms with Gasteiger partial charge in [0, 0.05) is 36.3 Å². The lowest BCUT2D eigenvalue weighted by Gasteiger charge is -2.30. The van der Waals surface area contributed by atoms with E-state index in [2.05, 4.69) is 175 Å². The zero-order valence-corrected chi connectivity index (χ0v) is 28.1. The van der Waals surface area contributed by atoms with Crippen molar-refractivity contribution in [2.75, 3.05) is 11.4 Å². The van der Waals surface area contributed by atoms with Crippen LogP contribution in [-0.2, 0) is 0 Å². The van der Waals surface area contributed by atoms with Crippen molar-refractivity contribution in [2.24, 2.45) is 4.99 Å². The average molecular weight is 644 g/mol. The Kier molecular flexibility index (Phi) is 7.59. The van der Waals surface area contributed by atoms with Crippen molar-refractivity contribution in [1.82, 2.24) is 5.32 Å². The summed E-state index contributed by atoms with van der Waals surface area (Å²) in [6.07, 6.45) is 4.88. The average Bonchev–Trinajstić information content (AvgIpc) is 3.19. The molecule has 240 valence electrons. The van der Waals surface area contributed by atoms with E-state index in [9.17, 15) is 0 Å². The van der Waals surface area contributed by atoms with Gasteiger partial charge in [-0.1, -0.05) is 133 Å². The molecule has 9 rings (SSSR count). The maximum Gasteiger partial charge on any atom is 0.153 e. The van der Waals surface area contributed by atoms with Gasteiger partial charge in [-0.3, -0.25) is 4.90 Å². The molecule has 3 heteroatoms. The summed E-state index contributed by atoms with van der Waals surface area (Å²) in [5.41, 5.74) is 10.0. The smallest absolute Gasteiger partial charge is 0.153 e. The van der Waals surface area contributed by atoms with Crippen molar-refractivity contribution in [3.05, 3.63) is 202 Å². The van der Waals surface area contributed by atoms with Crippen LogP contribution in [0.3, 0.4) is 0 Å². The van der Waals surface area contributed by atoms with Gasteiger partial charge in [0.2, 0.25) is 0 Å². The molecule has 0 fully saturated rings. The van der Waals surface area contributed by atoms with Crippen LogP contribution in [0.2, 0.25) is 0 Å². The van der Waals surface area contributed by atoms with Crippen LogP contribution in [0.1, 0.15) is 34.6 Å². The van der Waals surface area contributed by atoms with Crippen molar-refractivity contribution in [1.29, 1.82) is 0 Å². The Morgan fingerprint density at radius 2 is 1.24 bits per heavy atom. The fraction of sp³-hybridized carbons (Fsp3) is 0.0851. The molecule has 0 bridgehead atoms. The van der Waals surface area contributed by atoms with Crippen molar-refractivity contribution in [3.63, 3.8) is 0 Å². The molecule has 0 saturated carbocycles. The third kappa shape index (κ3) is 5.19. The van der Waals surface area contributed by atoms with Crippen LogP contribution in [0.15, 0.2) is 175 Å². The normalized spacial score (nSPS) is 15.5. The van der Waals surface area contributed by atoms with Gasteiger partial charge >= 0.3 is 0 Å². The Labute approximate surface area is 292 Å². The van der Waals surface area contributed by atoms with Crippen LogP contribution in [0.5, 0.6) is 0 Å². The summed E-state index contributed by atoms with van der Waals surface area (Å²) in [7, 11) is 0. The minimum Gasteiger partial charge on any atom is -0.383 e. The molecule has 7 aromatic rings. The lowest BCUT2D eigenvalue weighted by Crippen LogP contribution is -2.37. The number of nitrogens with zero attached hydrogens (tertiary/aromatic N) is 2. The molecule has 1 heterocycles. The van der Waals surface area contributed by atoms with E-state index in [4.69, 9.17) is 4.99 Å². The largest absolute Gasteiger partial charge is 0.383 e. The number of nitrogens with one attached hydrogen (secondary N) is 1. The zero-order valence-electron chi connectivity index (χ0n) is 28.1. The second kappa shape index (κ2) is 12.7. The van der Waals surface area contributed by atoms with Crippen molar-refractivity contribution in [3.8, 4) is 0 Å². The molecule has 0 radical (unpaired) electrons. The predicted molar refractivity (Wildman–Crippen MR) is 210 cm³/mol. The fourth-order valence-corrected chi connectivity index (χ4v) is 8.01. The lowest BCUT2D eigenvalue weighted by atomic mass is 9.74. The molecule has 0 spiro atoms. The molecule has 1 unspecified atom stereocenters. The van der Waals surface area contributed by atoms with Gasteiger partial charge < -0.3 is 5.32 Å². The van der Waals surface area contributed by atoms with Crippen LogP contribution >= 0.6 is 0 Å². The summed E-state index contributed by atoms with van der Waals surface area (Å²) < 4.78 is 0. The number of anilines is 2.